The first kappa shape index (κ1) is 33.5. The van der Waals surface area contributed by atoms with Gasteiger partial charge in [-0.3, -0.25) is 13.9 Å². The van der Waals surface area contributed by atoms with E-state index in [-0.39, 0.29) is 40.2 Å². The van der Waals surface area contributed by atoms with Gasteiger partial charge in [0.15, 0.2) is 0 Å². The van der Waals surface area contributed by atoms with E-state index in [1.165, 1.54) is 36.3 Å². The van der Waals surface area contributed by atoms with Crippen molar-refractivity contribution < 1.29 is 22.7 Å². The van der Waals surface area contributed by atoms with Crippen LogP contribution in [-0.4, -0.2) is 51.4 Å². The zero-order chi connectivity index (χ0) is 30.9. The lowest BCUT2D eigenvalue weighted by molar-refractivity contribution is -0.140. The Balaban J connectivity index is 2.11. The van der Waals surface area contributed by atoms with Crippen molar-refractivity contribution in [3.63, 3.8) is 0 Å². The molecular weight excluding hydrogens is 621 g/mol. The summed E-state index contributed by atoms with van der Waals surface area (Å²) >= 11 is 18.8. The molecular formula is C30H34Cl3N3O5S. The highest BCUT2D eigenvalue weighted by Crippen LogP contribution is 2.35. The molecule has 2 amide bonds. The second kappa shape index (κ2) is 15.5. The SMILES string of the molecule is CCCCNC(=O)[C@H](CC)N(Cc1ccc(Cl)cc1Cl)C(=O)CN(c1cc(Cl)ccc1OC)S(=O)(=O)c1ccccc1. The molecule has 0 aliphatic heterocycles. The monoisotopic (exact) mass is 653 g/mol. The van der Waals surface area contributed by atoms with Crippen LogP contribution in [-0.2, 0) is 26.2 Å². The Morgan fingerprint density at radius 1 is 0.952 bits per heavy atom. The number of nitrogens with zero attached hydrogens (tertiary/aromatic N) is 2. The van der Waals surface area contributed by atoms with Gasteiger partial charge in [0.2, 0.25) is 11.8 Å². The number of sulfonamides is 1. The average Bonchev–Trinajstić information content (AvgIpc) is 2.97. The molecule has 0 aliphatic carbocycles. The second-order valence-corrected chi connectivity index (χ2v) is 12.6. The summed E-state index contributed by atoms with van der Waals surface area (Å²) in [6, 6.07) is 16.2. The molecule has 0 saturated carbocycles. The van der Waals surface area contributed by atoms with E-state index in [0.717, 1.165) is 17.1 Å². The van der Waals surface area contributed by atoms with Crippen LogP contribution >= 0.6 is 34.8 Å². The predicted octanol–water partition coefficient (Wildman–Crippen LogP) is 6.57. The third kappa shape index (κ3) is 8.31. The van der Waals surface area contributed by atoms with E-state index in [9.17, 15) is 18.0 Å². The third-order valence-electron chi connectivity index (χ3n) is 6.59. The van der Waals surface area contributed by atoms with Crippen LogP contribution in [0.15, 0.2) is 71.6 Å². The van der Waals surface area contributed by atoms with Gasteiger partial charge >= 0.3 is 0 Å². The van der Waals surface area contributed by atoms with Crippen LogP contribution in [0.2, 0.25) is 15.1 Å². The summed E-state index contributed by atoms with van der Waals surface area (Å²) in [5.74, 6) is -0.773. The van der Waals surface area contributed by atoms with Crippen LogP contribution in [0, 0.1) is 0 Å². The minimum atomic E-state index is -4.29. The molecule has 8 nitrogen and oxygen atoms in total. The van der Waals surface area contributed by atoms with E-state index in [4.69, 9.17) is 39.5 Å². The number of halogens is 3. The van der Waals surface area contributed by atoms with Crippen molar-refractivity contribution >= 4 is 62.3 Å². The number of benzene rings is 3. The molecule has 0 fully saturated rings. The van der Waals surface area contributed by atoms with Gasteiger partial charge in [0, 0.05) is 28.2 Å². The van der Waals surface area contributed by atoms with Crippen molar-refractivity contribution in [1.82, 2.24) is 10.2 Å². The molecule has 12 heteroatoms. The highest BCUT2D eigenvalue weighted by molar-refractivity contribution is 7.92. The lowest BCUT2D eigenvalue weighted by Crippen LogP contribution is -2.52. The Hall–Kier alpha value is -2.98. The third-order valence-corrected chi connectivity index (χ3v) is 9.19. The number of carbonyl (C=O) groups excluding carboxylic acids is 2. The van der Waals surface area contributed by atoms with Crippen molar-refractivity contribution in [2.45, 2.75) is 50.6 Å². The molecule has 1 N–H and O–H groups in total. The standard InChI is InChI=1S/C30H34Cl3N3O5S/c1-4-6-16-34-30(38)26(5-2)35(19-21-12-13-22(31)17-25(21)33)29(37)20-36(27-18-23(32)14-15-28(27)41-3)42(39,40)24-10-8-7-9-11-24/h7-15,17-18,26H,4-6,16,19-20H2,1-3H3,(H,34,38)/t26-/m0/s1. The summed E-state index contributed by atoms with van der Waals surface area (Å²) in [4.78, 5) is 28.8. The number of hydrogen-bond donors (Lipinski definition) is 1. The number of carbonyl (C=O) groups is 2. The molecule has 0 radical (unpaired) electrons. The van der Waals surface area contributed by atoms with Gasteiger partial charge in [-0.25, -0.2) is 8.42 Å². The fourth-order valence-electron chi connectivity index (χ4n) is 4.35. The van der Waals surface area contributed by atoms with Crippen LogP contribution in [0.25, 0.3) is 0 Å². The van der Waals surface area contributed by atoms with Crippen molar-refractivity contribution in [1.29, 1.82) is 0 Å². The van der Waals surface area contributed by atoms with Crippen molar-refractivity contribution in [2.75, 3.05) is 24.5 Å². The lowest BCUT2D eigenvalue weighted by atomic mass is 10.1. The molecule has 1 atom stereocenters. The van der Waals surface area contributed by atoms with Crippen LogP contribution in [0.1, 0.15) is 38.7 Å². The molecule has 3 aromatic rings. The van der Waals surface area contributed by atoms with Crippen molar-refractivity contribution in [2.24, 2.45) is 0 Å². The Bertz CT molecular complexity index is 1490. The van der Waals surface area contributed by atoms with Crippen LogP contribution in [0.5, 0.6) is 5.75 Å². The highest BCUT2D eigenvalue weighted by Gasteiger charge is 2.35. The number of anilines is 1. The molecule has 0 heterocycles. The summed E-state index contributed by atoms with van der Waals surface area (Å²) in [7, 11) is -2.89. The largest absolute Gasteiger partial charge is 0.495 e. The van der Waals surface area contributed by atoms with Gasteiger partial charge in [-0.15, -0.1) is 0 Å². The lowest BCUT2D eigenvalue weighted by Gasteiger charge is -2.33. The molecule has 0 aromatic heterocycles. The number of hydrogen-bond acceptors (Lipinski definition) is 5. The van der Waals surface area contributed by atoms with Crippen LogP contribution in [0.3, 0.4) is 0 Å². The first-order valence-corrected chi connectivity index (χ1v) is 16.0. The number of ether oxygens (including phenoxy) is 1. The summed E-state index contributed by atoms with van der Waals surface area (Å²) in [6.07, 6.45) is 1.94. The molecule has 3 rings (SSSR count). The zero-order valence-corrected chi connectivity index (χ0v) is 26.7. The maximum absolute atomic E-state index is 14.2. The average molecular weight is 655 g/mol. The quantitative estimate of drug-likeness (QED) is 0.198. The summed E-state index contributed by atoms with van der Waals surface area (Å²) in [6.45, 7) is 3.54. The number of unbranched alkanes of at least 4 members (excludes halogenated alkanes) is 1. The van der Waals surface area contributed by atoms with Gasteiger partial charge in [0.05, 0.1) is 17.7 Å². The van der Waals surface area contributed by atoms with E-state index < -0.39 is 28.5 Å². The number of nitrogens with one attached hydrogen (secondary N) is 1. The highest BCUT2D eigenvalue weighted by atomic mass is 35.5. The molecule has 42 heavy (non-hydrogen) atoms. The molecule has 0 bridgehead atoms. The maximum atomic E-state index is 14.2. The van der Waals surface area contributed by atoms with E-state index in [1.807, 2.05) is 6.92 Å². The number of rotatable bonds is 14. The normalized spacial score (nSPS) is 12.0. The van der Waals surface area contributed by atoms with Gasteiger partial charge in [-0.05, 0) is 60.9 Å². The first-order chi connectivity index (χ1) is 20.0. The summed E-state index contributed by atoms with van der Waals surface area (Å²) in [5.41, 5.74) is 0.624. The summed E-state index contributed by atoms with van der Waals surface area (Å²) in [5, 5.41) is 3.87. The van der Waals surface area contributed by atoms with E-state index in [0.29, 0.717) is 22.2 Å². The summed E-state index contributed by atoms with van der Waals surface area (Å²) < 4.78 is 34.4. The number of methoxy groups -OCH3 is 1. The minimum Gasteiger partial charge on any atom is -0.495 e. The Morgan fingerprint density at radius 3 is 2.24 bits per heavy atom. The maximum Gasteiger partial charge on any atom is 0.264 e. The van der Waals surface area contributed by atoms with Gasteiger partial charge in [0.1, 0.15) is 18.3 Å². The molecule has 0 aliphatic rings. The van der Waals surface area contributed by atoms with Gasteiger partial charge in [-0.2, -0.15) is 0 Å². The Morgan fingerprint density at radius 2 is 1.62 bits per heavy atom. The van der Waals surface area contributed by atoms with E-state index in [1.54, 1.807) is 49.4 Å². The smallest absolute Gasteiger partial charge is 0.264 e. The Labute approximate surface area is 262 Å². The molecule has 3 aromatic carbocycles. The van der Waals surface area contributed by atoms with Gasteiger partial charge in [-0.1, -0.05) is 79.3 Å². The fourth-order valence-corrected chi connectivity index (χ4v) is 6.42. The topological polar surface area (TPSA) is 96.0 Å². The first-order valence-electron chi connectivity index (χ1n) is 13.5. The molecule has 0 spiro atoms. The fraction of sp³-hybridized carbons (Fsp3) is 0.333. The van der Waals surface area contributed by atoms with Crippen LogP contribution in [0.4, 0.5) is 5.69 Å². The Kier molecular flexibility index (Phi) is 12.4. The zero-order valence-electron chi connectivity index (χ0n) is 23.6. The number of amides is 2. The molecule has 0 saturated heterocycles. The van der Waals surface area contributed by atoms with Gasteiger partial charge < -0.3 is 15.0 Å². The van der Waals surface area contributed by atoms with Gasteiger partial charge in [0.25, 0.3) is 10.0 Å². The minimum absolute atomic E-state index is 0.0310. The van der Waals surface area contributed by atoms with Crippen LogP contribution < -0.4 is 14.4 Å². The predicted molar refractivity (Wildman–Crippen MR) is 168 cm³/mol. The van der Waals surface area contributed by atoms with Crippen molar-refractivity contribution in [3.8, 4) is 5.75 Å². The second-order valence-electron chi connectivity index (χ2n) is 9.47. The van der Waals surface area contributed by atoms with Crippen molar-refractivity contribution in [3.05, 3.63) is 87.4 Å². The van der Waals surface area contributed by atoms with E-state index in [2.05, 4.69) is 5.32 Å². The molecule has 0 unspecified atom stereocenters. The van der Waals surface area contributed by atoms with E-state index >= 15 is 0 Å². The molecule has 226 valence electrons.